The minimum Gasteiger partial charge on any atom is -0.508 e. The van der Waals surface area contributed by atoms with Gasteiger partial charge in [-0.3, -0.25) is 0 Å². The minimum atomic E-state index is -0.445. The molecule has 0 saturated carbocycles. The van der Waals surface area contributed by atoms with Crippen LogP contribution in [-0.2, 0) is 22.7 Å². The lowest BCUT2D eigenvalue weighted by Crippen LogP contribution is -2.10. The van der Waals surface area contributed by atoms with Crippen molar-refractivity contribution >= 4 is 11.9 Å². The van der Waals surface area contributed by atoms with Crippen molar-refractivity contribution in [3.05, 3.63) is 147 Å². The molecule has 7 nitrogen and oxygen atoms in total. The molecule has 0 bridgehead atoms. The van der Waals surface area contributed by atoms with Gasteiger partial charge < -0.3 is 24.5 Å². The molecule has 3 aromatic carbocycles. The van der Waals surface area contributed by atoms with E-state index in [0.29, 0.717) is 11.4 Å². The van der Waals surface area contributed by atoms with Crippen LogP contribution in [0.15, 0.2) is 84.9 Å². The van der Waals surface area contributed by atoms with E-state index in [2.05, 4.69) is 9.97 Å². The normalized spacial score (nSPS) is 11.1. The Morgan fingerprint density at radius 3 is 1.43 bits per heavy atom. The van der Waals surface area contributed by atoms with Gasteiger partial charge in [0.1, 0.15) is 30.4 Å². The largest absolute Gasteiger partial charge is 0.508 e. The average Bonchev–Trinajstić information content (AvgIpc) is 3.47. The highest BCUT2D eigenvalue weighted by Gasteiger charge is 2.30. The van der Waals surface area contributed by atoms with Gasteiger partial charge in [-0.25, -0.2) is 9.59 Å². The summed E-state index contributed by atoms with van der Waals surface area (Å²) in [6.07, 6.45) is 0. The summed E-state index contributed by atoms with van der Waals surface area (Å²) in [5.41, 5.74) is 8.39. The van der Waals surface area contributed by atoms with Crippen molar-refractivity contribution in [2.24, 2.45) is 0 Å². The standard InChI is InChI=1S/C35H34N2O5/c1-21-23(3)32(34(39)41-19-25-11-7-5-8-12-25)36-30(21)29(27-15-17-28(38)18-16-27)31-22(2)24(4)33(37-31)35(40)42-20-26-13-9-6-10-14-26/h5-18,29,36-38H,19-20H2,1-4H3. The minimum absolute atomic E-state index is 0.145. The summed E-state index contributed by atoms with van der Waals surface area (Å²) in [4.78, 5) is 33.1. The van der Waals surface area contributed by atoms with Gasteiger partial charge in [0.15, 0.2) is 0 Å². The number of esters is 2. The second-order valence-electron chi connectivity index (χ2n) is 10.5. The second-order valence-corrected chi connectivity index (χ2v) is 10.5. The van der Waals surface area contributed by atoms with Crippen LogP contribution in [0, 0.1) is 27.7 Å². The number of rotatable bonds is 9. The molecule has 5 rings (SSSR count). The van der Waals surface area contributed by atoms with E-state index in [1.54, 1.807) is 12.1 Å². The maximum atomic E-state index is 13.2. The lowest BCUT2D eigenvalue weighted by atomic mass is 9.88. The summed E-state index contributed by atoms with van der Waals surface area (Å²) in [6, 6.07) is 26.0. The van der Waals surface area contributed by atoms with Gasteiger partial charge in [0, 0.05) is 11.4 Å². The number of aromatic nitrogens is 2. The predicted octanol–water partition coefficient (Wildman–Crippen LogP) is 7.18. The molecule has 7 heteroatoms. The fraction of sp³-hybridized carbons (Fsp3) is 0.200. The summed E-state index contributed by atoms with van der Waals surface area (Å²) in [5, 5.41) is 10.00. The molecule has 0 aliphatic rings. The molecule has 42 heavy (non-hydrogen) atoms. The maximum absolute atomic E-state index is 13.2. The zero-order valence-corrected chi connectivity index (χ0v) is 24.2. The Balaban J connectivity index is 1.50. The van der Waals surface area contributed by atoms with Crippen LogP contribution in [-0.4, -0.2) is 27.0 Å². The van der Waals surface area contributed by atoms with Crippen molar-refractivity contribution < 1.29 is 24.2 Å². The first kappa shape index (κ1) is 28.5. The highest BCUT2D eigenvalue weighted by molar-refractivity contribution is 5.91. The highest BCUT2D eigenvalue weighted by atomic mass is 16.5. The van der Waals surface area contributed by atoms with Crippen LogP contribution in [0.3, 0.4) is 0 Å². The Hall–Kier alpha value is -5.04. The number of aromatic amines is 2. The number of hydrogen-bond donors (Lipinski definition) is 3. The summed E-state index contributed by atoms with van der Waals surface area (Å²) in [6.45, 7) is 8.03. The number of H-pyrrole nitrogens is 2. The van der Waals surface area contributed by atoms with E-state index in [1.165, 1.54) is 0 Å². The lowest BCUT2D eigenvalue weighted by Gasteiger charge is -2.19. The van der Waals surface area contributed by atoms with E-state index >= 15 is 0 Å². The first-order valence-corrected chi connectivity index (χ1v) is 13.8. The zero-order valence-electron chi connectivity index (χ0n) is 24.2. The van der Waals surface area contributed by atoms with Crippen molar-refractivity contribution in [2.75, 3.05) is 0 Å². The predicted molar refractivity (Wildman–Crippen MR) is 161 cm³/mol. The molecule has 0 spiro atoms. The summed E-state index contributed by atoms with van der Waals surface area (Å²) in [5.74, 6) is -1.14. The SMILES string of the molecule is Cc1c(C(=O)OCc2ccccc2)[nH]c(C(c2ccc(O)cc2)c2[nH]c(C(=O)OCc3ccccc3)c(C)c2C)c1C. The second kappa shape index (κ2) is 12.2. The van der Waals surface area contributed by atoms with E-state index in [4.69, 9.17) is 9.47 Å². The molecule has 0 unspecified atom stereocenters. The molecule has 0 fully saturated rings. The van der Waals surface area contributed by atoms with E-state index in [1.807, 2.05) is 100 Å². The van der Waals surface area contributed by atoms with Gasteiger partial charge in [0.25, 0.3) is 0 Å². The van der Waals surface area contributed by atoms with Gasteiger partial charge in [0.2, 0.25) is 0 Å². The smallest absolute Gasteiger partial charge is 0.355 e. The Kier molecular flexibility index (Phi) is 8.29. The quantitative estimate of drug-likeness (QED) is 0.165. The molecule has 0 atom stereocenters. The van der Waals surface area contributed by atoms with Crippen molar-refractivity contribution in [3.8, 4) is 5.75 Å². The third-order valence-electron chi connectivity index (χ3n) is 7.84. The number of carbonyl (C=O) groups excluding carboxylic acids is 2. The van der Waals surface area contributed by atoms with Crippen molar-refractivity contribution in [1.29, 1.82) is 0 Å². The number of carbonyl (C=O) groups is 2. The molecule has 0 saturated heterocycles. The number of aromatic hydroxyl groups is 1. The summed E-state index contributed by atoms with van der Waals surface area (Å²) in [7, 11) is 0. The van der Waals surface area contributed by atoms with Crippen molar-refractivity contribution in [2.45, 2.75) is 46.8 Å². The number of phenolic OH excluding ortho intramolecular Hbond substituents is 1. The molecule has 0 amide bonds. The van der Waals surface area contributed by atoms with Crippen molar-refractivity contribution in [3.63, 3.8) is 0 Å². The van der Waals surface area contributed by atoms with Crippen LogP contribution in [0.2, 0.25) is 0 Å². The fourth-order valence-electron chi connectivity index (χ4n) is 5.14. The van der Waals surface area contributed by atoms with Gasteiger partial charge >= 0.3 is 11.9 Å². The average molecular weight is 563 g/mol. The Morgan fingerprint density at radius 1 is 0.619 bits per heavy atom. The summed E-state index contributed by atoms with van der Waals surface area (Å²) >= 11 is 0. The third kappa shape index (κ3) is 5.86. The van der Waals surface area contributed by atoms with Crippen LogP contribution in [0.4, 0.5) is 0 Å². The van der Waals surface area contributed by atoms with E-state index in [9.17, 15) is 14.7 Å². The molecule has 2 heterocycles. The fourth-order valence-corrected chi connectivity index (χ4v) is 5.14. The van der Waals surface area contributed by atoms with Gasteiger partial charge in [0.05, 0.1) is 5.92 Å². The molecule has 5 aromatic rings. The molecule has 214 valence electrons. The molecule has 0 aliphatic carbocycles. The lowest BCUT2D eigenvalue weighted by molar-refractivity contribution is 0.0457. The molecular weight excluding hydrogens is 528 g/mol. The summed E-state index contributed by atoms with van der Waals surface area (Å²) < 4.78 is 11.3. The topological polar surface area (TPSA) is 104 Å². The number of hydrogen-bond acceptors (Lipinski definition) is 5. The van der Waals surface area contributed by atoms with Gasteiger partial charge in [-0.2, -0.15) is 0 Å². The van der Waals surface area contributed by atoms with Gasteiger partial charge in [-0.1, -0.05) is 72.8 Å². The maximum Gasteiger partial charge on any atom is 0.355 e. The monoisotopic (exact) mass is 562 g/mol. The van der Waals surface area contributed by atoms with Crippen LogP contribution in [0.5, 0.6) is 5.75 Å². The zero-order chi connectivity index (χ0) is 29.8. The first-order chi connectivity index (χ1) is 20.2. The Morgan fingerprint density at radius 2 is 1.02 bits per heavy atom. The Bertz CT molecular complexity index is 1590. The van der Waals surface area contributed by atoms with Crippen LogP contribution in [0.25, 0.3) is 0 Å². The van der Waals surface area contributed by atoms with E-state index in [-0.39, 0.29) is 19.0 Å². The highest BCUT2D eigenvalue weighted by Crippen LogP contribution is 2.38. The molecule has 0 radical (unpaired) electrons. The molecule has 2 aromatic heterocycles. The van der Waals surface area contributed by atoms with Crippen LogP contribution in [0.1, 0.15) is 77.2 Å². The third-order valence-corrected chi connectivity index (χ3v) is 7.84. The van der Waals surface area contributed by atoms with Crippen molar-refractivity contribution in [1.82, 2.24) is 9.97 Å². The van der Waals surface area contributed by atoms with E-state index < -0.39 is 17.9 Å². The molecular formula is C35H34N2O5. The van der Waals surface area contributed by atoms with Gasteiger partial charge in [-0.05, 0) is 78.8 Å². The molecule has 3 N–H and O–H groups in total. The van der Waals surface area contributed by atoms with Crippen LogP contribution < -0.4 is 0 Å². The number of ether oxygens (including phenoxy) is 2. The Labute approximate surface area is 245 Å². The first-order valence-electron chi connectivity index (χ1n) is 13.8. The number of nitrogens with one attached hydrogen (secondary N) is 2. The molecule has 0 aliphatic heterocycles. The number of benzene rings is 3. The van der Waals surface area contributed by atoms with Gasteiger partial charge in [-0.15, -0.1) is 0 Å². The van der Waals surface area contributed by atoms with Crippen LogP contribution >= 0.6 is 0 Å². The van der Waals surface area contributed by atoms with E-state index in [0.717, 1.165) is 50.3 Å². The number of phenols is 1.